The Kier molecular flexibility index (Phi) is 5.36. The first-order chi connectivity index (χ1) is 10.2. The van der Waals surface area contributed by atoms with E-state index in [1.165, 1.54) is 0 Å². The van der Waals surface area contributed by atoms with Crippen LogP contribution >= 0.6 is 0 Å². The Morgan fingerprint density at radius 3 is 2.90 bits per heavy atom. The van der Waals surface area contributed by atoms with E-state index in [4.69, 9.17) is 4.74 Å². The highest BCUT2D eigenvalue weighted by Gasteiger charge is 2.23. The minimum absolute atomic E-state index is 0.101. The van der Waals surface area contributed by atoms with Crippen molar-refractivity contribution in [3.05, 3.63) is 12.3 Å². The summed E-state index contributed by atoms with van der Waals surface area (Å²) in [6.45, 7) is 7.20. The van der Waals surface area contributed by atoms with Gasteiger partial charge in [0.25, 0.3) is 0 Å². The van der Waals surface area contributed by atoms with Crippen LogP contribution in [0, 0.1) is 5.92 Å². The molecule has 2 rings (SSSR count). The first kappa shape index (κ1) is 15.5. The molecule has 1 aliphatic rings. The summed E-state index contributed by atoms with van der Waals surface area (Å²) in [4.78, 5) is 25.0. The molecule has 1 aromatic rings. The lowest BCUT2D eigenvalue weighted by Gasteiger charge is -2.24. The van der Waals surface area contributed by atoms with Crippen LogP contribution in [0.5, 0.6) is 5.88 Å². The first-order valence-corrected chi connectivity index (χ1v) is 7.56. The van der Waals surface area contributed by atoms with Gasteiger partial charge in [0, 0.05) is 44.4 Å². The molecule has 116 valence electrons. The van der Waals surface area contributed by atoms with Crippen molar-refractivity contribution in [2.24, 2.45) is 5.92 Å². The molecule has 1 unspecified atom stereocenters. The molecular weight excluding hydrogens is 268 g/mol. The molecule has 21 heavy (non-hydrogen) atoms. The zero-order valence-corrected chi connectivity index (χ0v) is 13.1. The van der Waals surface area contributed by atoms with Crippen LogP contribution in [0.2, 0.25) is 0 Å². The predicted octanol–water partition coefficient (Wildman–Crippen LogP) is 1.57. The third-order valence-electron chi connectivity index (χ3n) is 3.95. The Labute approximate surface area is 126 Å². The van der Waals surface area contributed by atoms with E-state index in [1.54, 1.807) is 19.4 Å². The molecule has 0 radical (unpaired) electrons. The molecule has 0 spiro atoms. The monoisotopic (exact) mass is 292 g/mol. The number of hydrogen-bond donors (Lipinski definition) is 0. The van der Waals surface area contributed by atoms with Gasteiger partial charge in [-0.1, -0.05) is 13.8 Å². The summed E-state index contributed by atoms with van der Waals surface area (Å²) in [5, 5.41) is 0. The maximum Gasteiger partial charge on any atom is 0.228 e. The fourth-order valence-corrected chi connectivity index (χ4v) is 2.42. The molecule has 1 amide bonds. The summed E-state index contributed by atoms with van der Waals surface area (Å²) < 4.78 is 5.14. The fourth-order valence-electron chi connectivity index (χ4n) is 2.42. The molecule has 0 bridgehead atoms. The maximum absolute atomic E-state index is 12.3. The molecule has 6 nitrogen and oxygen atoms in total. The summed E-state index contributed by atoms with van der Waals surface area (Å²) in [5.41, 5.74) is 0. The zero-order valence-electron chi connectivity index (χ0n) is 13.1. The number of anilines is 1. The van der Waals surface area contributed by atoms with Crippen molar-refractivity contribution in [1.29, 1.82) is 0 Å². The predicted molar refractivity (Wildman–Crippen MR) is 81.4 cm³/mol. The lowest BCUT2D eigenvalue weighted by atomic mass is 10.1. The number of carbonyl (C=O) groups is 1. The Morgan fingerprint density at radius 1 is 1.38 bits per heavy atom. The van der Waals surface area contributed by atoms with E-state index in [2.05, 4.69) is 21.8 Å². The van der Waals surface area contributed by atoms with Gasteiger partial charge < -0.3 is 14.5 Å². The average Bonchev–Trinajstić information content (AvgIpc) is 2.79. The van der Waals surface area contributed by atoms with Crippen LogP contribution in [0.15, 0.2) is 12.3 Å². The van der Waals surface area contributed by atoms with Crippen LogP contribution in [0.25, 0.3) is 0 Å². The highest BCUT2D eigenvalue weighted by atomic mass is 16.5. The van der Waals surface area contributed by atoms with Crippen LogP contribution in [0.1, 0.15) is 26.7 Å². The molecule has 1 atom stereocenters. The normalized spacial score (nSPS) is 17.3. The Balaban J connectivity index is 2.01. The number of nitrogens with zero attached hydrogens (tertiary/aromatic N) is 4. The van der Waals surface area contributed by atoms with Crippen LogP contribution in [-0.2, 0) is 4.79 Å². The SMILES string of the molecule is CCC(C)C(=O)N1CCCN(c2nccc(OC)n2)CC1. The van der Waals surface area contributed by atoms with Crippen LogP contribution in [0.3, 0.4) is 0 Å². The molecule has 0 N–H and O–H groups in total. The highest BCUT2D eigenvalue weighted by molar-refractivity contribution is 5.78. The standard InChI is InChI=1S/C15H24N4O2/c1-4-12(2)14(20)18-8-5-9-19(11-10-18)15-16-7-6-13(17-15)21-3/h6-7,12H,4-5,8-11H2,1-3H3. The van der Waals surface area contributed by atoms with Gasteiger partial charge in [0.05, 0.1) is 7.11 Å². The Hall–Kier alpha value is -1.85. The summed E-state index contributed by atoms with van der Waals surface area (Å²) in [6.07, 6.45) is 3.52. The number of ether oxygens (including phenoxy) is 1. The second-order valence-electron chi connectivity index (χ2n) is 5.37. The molecule has 1 aromatic heterocycles. The minimum Gasteiger partial charge on any atom is -0.481 e. The largest absolute Gasteiger partial charge is 0.481 e. The molecule has 0 aliphatic carbocycles. The van der Waals surface area contributed by atoms with Crippen molar-refractivity contribution >= 4 is 11.9 Å². The lowest BCUT2D eigenvalue weighted by Crippen LogP contribution is -2.38. The molecule has 1 aliphatic heterocycles. The van der Waals surface area contributed by atoms with Crippen molar-refractivity contribution in [3.8, 4) is 5.88 Å². The van der Waals surface area contributed by atoms with E-state index in [9.17, 15) is 4.79 Å². The second-order valence-corrected chi connectivity index (χ2v) is 5.37. The zero-order chi connectivity index (χ0) is 15.2. The summed E-state index contributed by atoms with van der Waals surface area (Å²) in [6, 6.07) is 1.74. The van der Waals surface area contributed by atoms with Gasteiger partial charge in [-0.25, -0.2) is 4.98 Å². The summed E-state index contributed by atoms with van der Waals surface area (Å²) in [7, 11) is 1.60. The number of carbonyl (C=O) groups excluding carboxylic acids is 1. The van der Waals surface area contributed by atoms with Crippen LogP contribution < -0.4 is 9.64 Å². The van der Waals surface area contributed by atoms with Crippen molar-refractivity contribution in [1.82, 2.24) is 14.9 Å². The summed E-state index contributed by atoms with van der Waals surface area (Å²) in [5.74, 6) is 1.60. The van der Waals surface area contributed by atoms with Gasteiger partial charge in [0.2, 0.25) is 17.7 Å². The summed E-state index contributed by atoms with van der Waals surface area (Å²) >= 11 is 0. The second kappa shape index (κ2) is 7.24. The van der Waals surface area contributed by atoms with E-state index in [-0.39, 0.29) is 11.8 Å². The van der Waals surface area contributed by atoms with Crippen molar-refractivity contribution in [2.75, 3.05) is 38.2 Å². The van der Waals surface area contributed by atoms with E-state index < -0.39 is 0 Å². The van der Waals surface area contributed by atoms with Crippen LogP contribution in [-0.4, -0.2) is 54.1 Å². The van der Waals surface area contributed by atoms with Gasteiger partial charge in [-0.15, -0.1) is 0 Å². The third-order valence-corrected chi connectivity index (χ3v) is 3.95. The quantitative estimate of drug-likeness (QED) is 0.843. The van der Waals surface area contributed by atoms with E-state index in [1.807, 2.05) is 11.8 Å². The number of amides is 1. The van der Waals surface area contributed by atoms with Gasteiger partial charge in [-0.05, 0) is 12.8 Å². The molecular formula is C15H24N4O2. The molecule has 0 saturated carbocycles. The molecule has 2 heterocycles. The Bertz CT molecular complexity index is 480. The van der Waals surface area contributed by atoms with Gasteiger partial charge in [0.15, 0.2) is 0 Å². The maximum atomic E-state index is 12.3. The van der Waals surface area contributed by atoms with Crippen molar-refractivity contribution in [3.63, 3.8) is 0 Å². The number of methoxy groups -OCH3 is 1. The molecule has 1 fully saturated rings. The van der Waals surface area contributed by atoms with E-state index >= 15 is 0 Å². The molecule has 1 saturated heterocycles. The van der Waals surface area contributed by atoms with Gasteiger partial charge in [-0.3, -0.25) is 4.79 Å². The van der Waals surface area contributed by atoms with Crippen molar-refractivity contribution in [2.45, 2.75) is 26.7 Å². The average molecular weight is 292 g/mol. The minimum atomic E-state index is 0.101. The smallest absolute Gasteiger partial charge is 0.228 e. The number of rotatable bonds is 4. The number of aromatic nitrogens is 2. The topological polar surface area (TPSA) is 58.6 Å². The van der Waals surface area contributed by atoms with Crippen LogP contribution in [0.4, 0.5) is 5.95 Å². The fraction of sp³-hybridized carbons (Fsp3) is 0.667. The highest BCUT2D eigenvalue weighted by Crippen LogP contribution is 2.16. The van der Waals surface area contributed by atoms with E-state index in [0.29, 0.717) is 11.8 Å². The molecule has 6 heteroatoms. The van der Waals surface area contributed by atoms with Gasteiger partial charge >= 0.3 is 0 Å². The number of hydrogen-bond acceptors (Lipinski definition) is 5. The van der Waals surface area contributed by atoms with E-state index in [0.717, 1.165) is 39.0 Å². The Morgan fingerprint density at radius 2 is 2.19 bits per heavy atom. The lowest BCUT2D eigenvalue weighted by molar-refractivity contribution is -0.134. The first-order valence-electron chi connectivity index (χ1n) is 7.56. The third kappa shape index (κ3) is 3.83. The van der Waals surface area contributed by atoms with Gasteiger partial charge in [-0.2, -0.15) is 4.98 Å². The molecule has 0 aromatic carbocycles. The van der Waals surface area contributed by atoms with Gasteiger partial charge in [0.1, 0.15) is 0 Å². The van der Waals surface area contributed by atoms with Crippen molar-refractivity contribution < 1.29 is 9.53 Å².